The minimum atomic E-state index is -0.408. The summed E-state index contributed by atoms with van der Waals surface area (Å²) in [7, 11) is 1.57. The van der Waals surface area contributed by atoms with Crippen molar-refractivity contribution >= 4 is 29.6 Å². The molecule has 0 bridgehead atoms. The minimum absolute atomic E-state index is 0.262. The zero-order valence-corrected chi connectivity index (χ0v) is 11.8. The summed E-state index contributed by atoms with van der Waals surface area (Å²) >= 11 is 5.58. The van der Waals surface area contributed by atoms with Gasteiger partial charge in [-0.15, -0.1) is 11.6 Å². The molecule has 1 N–H and O–H groups in total. The Hall–Kier alpha value is -2.01. The van der Waals surface area contributed by atoms with Crippen LogP contribution in [0.3, 0.4) is 0 Å². The molecule has 1 saturated heterocycles. The number of carbonyl (C=O) groups excluding carboxylic acids is 2. The van der Waals surface area contributed by atoms with E-state index in [1.807, 2.05) is 18.2 Å². The maximum absolute atomic E-state index is 12.1. The molecular weight excluding hydrogens is 280 g/mol. The zero-order chi connectivity index (χ0) is 14.5. The maximum atomic E-state index is 12.1. The number of hydrogen-bond donors (Lipinski definition) is 1. The molecule has 6 heteroatoms. The van der Waals surface area contributed by atoms with E-state index in [-0.39, 0.29) is 11.6 Å². The van der Waals surface area contributed by atoms with E-state index in [0.717, 1.165) is 10.5 Å². The van der Waals surface area contributed by atoms with Gasteiger partial charge < -0.3 is 10.1 Å². The lowest BCUT2D eigenvalue weighted by Crippen LogP contribution is -2.31. The molecule has 1 aromatic carbocycles. The van der Waals surface area contributed by atoms with Crippen molar-refractivity contribution < 1.29 is 14.3 Å². The first-order valence-corrected chi connectivity index (χ1v) is 6.73. The Kier molecular flexibility index (Phi) is 4.63. The number of ether oxygens (including phenoxy) is 1. The van der Waals surface area contributed by atoms with Crippen LogP contribution in [0.5, 0.6) is 5.75 Å². The Bertz CT molecular complexity index is 557. The summed E-state index contributed by atoms with van der Waals surface area (Å²) in [5.41, 5.74) is 1.05. The monoisotopic (exact) mass is 294 g/mol. The summed E-state index contributed by atoms with van der Waals surface area (Å²) in [6.07, 6.45) is 2.20. The molecule has 2 rings (SSSR count). The fourth-order valence-corrected chi connectivity index (χ4v) is 2.01. The van der Waals surface area contributed by atoms with E-state index in [1.54, 1.807) is 19.3 Å². The van der Waals surface area contributed by atoms with E-state index in [2.05, 4.69) is 5.32 Å². The van der Waals surface area contributed by atoms with E-state index < -0.39 is 6.03 Å². The van der Waals surface area contributed by atoms with Crippen LogP contribution in [0.4, 0.5) is 4.79 Å². The standard InChI is InChI=1S/C14H15ClN2O3/c1-20-11-5-2-4-10(8-11)9-12-13(18)17(7-3-6-15)14(19)16-12/h2,4-5,8-9H,3,6-7H2,1H3,(H,16,19)/b12-9+. The number of amides is 3. The van der Waals surface area contributed by atoms with Crippen LogP contribution in [0.25, 0.3) is 6.08 Å². The van der Waals surface area contributed by atoms with Gasteiger partial charge in [0.2, 0.25) is 0 Å². The summed E-state index contributed by atoms with van der Waals surface area (Å²) in [6, 6.07) is 6.83. The Labute approximate surface area is 122 Å². The lowest BCUT2D eigenvalue weighted by molar-refractivity contribution is -0.122. The second-order valence-corrected chi connectivity index (χ2v) is 4.64. The van der Waals surface area contributed by atoms with E-state index in [9.17, 15) is 9.59 Å². The largest absolute Gasteiger partial charge is 0.497 e. The summed E-state index contributed by atoms with van der Waals surface area (Å²) in [5.74, 6) is 0.768. The van der Waals surface area contributed by atoms with Crippen molar-refractivity contribution in [1.82, 2.24) is 10.2 Å². The molecule has 1 heterocycles. The number of benzene rings is 1. The molecule has 0 atom stereocenters. The molecule has 5 nitrogen and oxygen atoms in total. The van der Waals surface area contributed by atoms with Crippen LogP contribution in [-0.4, -0.2) is 36.4 Å². The van der Waals surface area contributed by atoms with Crippen LogP contribution >= 0.6 is 11.6 Å². The lowest BCUT2D eigenvalue weighted by atomic mass is 10.2. The molecule has 0 radical (unpaired) electrons. The zero-order valence-electron chi connectivity index (χ0n) is 11.1. The van der Waals surface area contributed by atoms with Gasteiger partial charge in [-0.1, -0.05) is 12.1 Å². The molecule has 0 unspecified atom stereocenters. The Morgan fingerprint density at radius 3 is 2.90 bits per heavy atom. The summed E-state index contributed by atoms with van der Waals surface area (Å²) < 4.78 is 5.11. The molecular formula is C14H15ClN2O3. The van der Waals surface area contributed by atoms with Crippen LogP contribution in [-0.2, 0) is 4.79 Å². The van der Waals surface area contributed by atoms with Gasteiger partial charge in [0.15, 0.2) is 0 Å². The number of hydrogen-bond acceptors (Lipinski definition) is 3. The van der Waals surface area contributed by atoms with Crippen molar-refractivity contribution in [2.24, 2.45) is 0 Å². The van der Waals surface area contributed by atoms with Crippen molar-refractivity contribution in [3.8, 4) is 5.75 Å². The van der Waals surface area contributed by atoms with Crippen molar-refractivity contribution in [2.75, 3.05) is 19.5 Å². The molecule has 1 fully saturated rings. The highest BCUT2D eigenvalue weighted by molar-refractivity contribution is 6.18. The quantitative estimate of drug-likeness (QED) is 0.515. The number of halogens is 1. The van der Waals surface area contributed by atoms with Gasteiger partial charge in [-0.25, -0.2) is 4.79 Å². The maximum Gasteiger partial charge on any atom is 0.329 e. The molecule has 1 aromatic rings. The van der Waals surface area contributed by atoms with Gasteiger partial charge in [-0.05, 0) is 30.2 Å². The average Bonchev–Trinajstić information content (AvgIpc) is 2.72. The number of nitrogens with zero attached hydrogens (tertiary/aromatic N) is 1. The van der Waals surface area contributed by atoms with Crippen LogP contribution < -0.4 is 10.1 Å². The number of alkyl halides is 1. The summed E-state index contributed by atoms with van der Waals surface area (Å²) in [5, 5.41) is 2.56. The Balaban J connectivity index is 2.18. The van der Waals surface area contributed by atoms with Crippen LogP contribution in [0.15, 0.2) is 30.0 Å². The number of nitrogens with one attached hydrogen (secondary N) is 1. The van der Waals surface area contributed by atoms with Gasteiger partial charge in [0.1, 0.15) is 11.4 Å². The molecule has 0 aromatic heterocycles. The summed E-state index contributed by atoms with van der Waals surface area (Å²) in [4.78, 5) is 24.9. The number of urea groups is 1. The number of imide groups is 1. The molecule has 20 heavy (non-hydrogen) atoms. The molecule has 0 saturated carbocycles. The molecule has 0 spiro atoms. The van der Waals surface area contributed by atoms with E-state index >= 15 is 0 Å². The smallest absolute Gasteiger partial charge is 0.329 e. The van der Waals surface area contributed by atoms with E-state index in [4.69, 9.17) is 16.3 Å². The number of methoxy groups -OCH3 is 1. The predicted molar refractivity (Wildman–Crippen MR) is 76.6 cm³/mol. The normalized spacial score (nSPS) is 16.7. The SMILES string of the molecule is COc1cccc(/C=C2/NC(=O)N(CCCCl)C2=O)c1. The second kappa shape index (κ2) is 6.43. The predicted octanol–water partition coefficient (Wildman–Crippen LogP) is 2.22. The van der Waals surface area contributed by atoms with Gasteiger partial charge in [0, 0.05) is 12.4 Å². The number of rotatable bonds is 5. The third-order valence-electron chi connectivity index (χ3n) is 2.88. The highest BCUT2D eigenvalue weighted by atomic mass is 35.5. The van der Waals surface area contributed by atoms with Crippen molar-refractivity contribution in [1.29, 1.82) is 0 Å². The van der Waals surface area contributed by atoms with Crippen molar-refractivity contribution in [2.45, 2.75) is 6.42 Å². The molecule has 1 aliphatic rings. The lowest BCUT2D eigenvalue weighted by Gasteiger charge is -2.09. The first-order chi connectivity index (χ1) is 9.65. The fourth-order valence-electron chi connectivity index (χ4n) is 1.89. The van der Waals surface area contributed by atoms with Gasteiger partial charge >= 0.3 is 6.03 Å². The Morgan fingerprint density at radius 2 is 2.20 bits per heavy atom. The molecule has 0 aliphatic carbocycles. The molecule has 1 aliphatic heterocycles. The first-order valence-electron chi connectivity index (χ1n) is 6.20. The first kappa shape index (κ1) is 14.4. The Morgan fingerprint density at radius 1 is 1.40 bits per heavy atom. The second-order valence-electron chi connectivity index (χ2n) is 4.26. The highest BCUT2D eigenvalue weighted by Gasteiger charge is 2.32. The van der Waals surface area contributed by atoms with Gasteiger partial charge in [0.05, 0.1) is 7.11 Å². The van der Waals surface area contributed by atoms with Crippen LogP contribution in [0.2, 0.25) is 0 Å². The highest BCUT2D eigenvalue weighted by Crippen LogP contribution is 2.18. The van der Waals surface area contributed by atoms with Gasteiger partial charge in [-0.2, -0.15) is 0 Å². The topological polar surface area (TPSA) is 58.6 Å². The van der Waals surface area contributed by atoms with E-state index in [1.165, 1.54) is 0 Å². The van der Waals surface area contributed by atoms with Crippen molar-refractivity contribution in [3.63, 3.8) is 0 Å². The third kappa shape index (κ3) is 3.11. The fraction of sp³-hybridized carbons (Fsp3) is 0.286. The number of carbonyl (C=O) groups is 2. The van der Waals surface area contributed by atoms with Crippen molar-refractivity contribution in [3.05, 3.63) is 35.5 Å². The van der Waals surface area contributed by atoms with E-state index in [0.29, 0.717) is 24.6 Å². The van der Waals surface area contributed by atoms with Crippen LogP contribution in [0.1, 0.15) is 12.0 Å². The summed E-state index contributed by atoms with van der Waals surface area (Å²) in [6.45, 7) is 0.323. The molecule has 3 amide bonds. The van der Waals surface area contributed by atoms with Gasteiger partial charge in [-0.3, -0.25) is 9.69 Å². The van der Waals surface area contributed by atoms with Crippen LogP contribution in [0, 0.1) is 0 Å². The van der Waals surface area contributed by atoms with Gasteiger partial charge in [0.25, 0.3) is 5.91 Å². The average molecular weight is 295 g/mol. The molecule has 106 valence electrons. The minimum Gasteiger partial charge on any atom is -0.497 e. The third-order valence-corrected chi connectivity index (χ3v) is 3.15.